The summed E-state index contributed by atoms with van der Waals surface area (Å²) in [5, 5.41) is 7.20. The number of benzene rings is 1. The normalized spacial score (nSPS) is 18.0. The fraction of sp³-hybridized carbons (Fsp3) is 0.346. The fourth-order valence-electron chi connectivity index (χ4n) is 4.35. The lowest BCUT2D eigenvalue weighted by atomic mass is 9.96. The molecule has 1 aliphatic heterocycles. The topological polar surface area (TPSA) is 62.2 Å². The maximum atomic E-state index is 12.2. The van der Waals surface area contributed by atoms with E-state index in [9.17, 15) is 4.79 Å². The molecule has 172 valence electrons. The predicted octanol–water partition coefficient (Wildman–Crippen LogP) is 5.12. The van der Waals surface area contributed by atoms with Crippen LogP contribution in [0.2, 0.25) is 0 Å². The lowest BCUT2D eigenvalue weighted by Gasteiger charge is -2.28. The van der Waals surface area contributed by atoms with Crippen molar-refractivity contribution in [3.8, 4) is 0 Å². The average molecular weight is 462 g/mol. The summed E-state index contributed by atoms with van der Waals surface area (Å²) < 4.78 is 2.21. The van der Waals surface area contributed by atoms with Crippen molar-refractivity contribution in [2.24, 2.45) is 13.0 Å². The minimum absolute atomic E-state index is 0.00712. The third-order valence-corrected chi connectivity index (χ3v) is 6.82. The number of nitrogens with one attached hydrogen (secondary N) is 2. The molecule has 1 amide bonds. The van der Waals surface area contributed by atoms with E-state index in [4.69, 9.17) is 12.2 Å². The summed E-state index contributed by atoms with van der Waals surface area (Å²) in [6.07, 6.45) is 1.82. The number of aromatic nitrogens is 2. The highest BCUT2D eigenvalue weighted by molar-refractivity contribution is 7.80. The summed E-state index contributed by atoms with van der Waals surface area (Å²) in [6, 6.07) is 14.1. The van der Waals surface area contributed by atoms with E-state index in [0.29, 0.717) is 5.11 Å². The van der Waals surface area contributed by atoms with Crippen molar-refractivity contribution in [2.75, 3.05) is 10.2 Å². The fourth-order valence-corrected chi connectivity index (χ4v) is 4.69. The quantitative estimate of drug-likeness (QED) is 0.517. The number of carbonyl (C=O) groups excluding carboxylic acids is 1. The Balaban J connectivity index is 1.79. The standard InChI is InChI=1S/C26H31N5OS/c1-15(2)25(32)28-21-11-10-19(13-16(21)3)31-24(20-14-17(4)30(6)18(20)5)23(29-26(31)33)22-9-7-8-12-27-22/h7-15,23-24H,1-6H3,(H,28,32)(H,29,33)/t23-,24+/m0/s1. The maximum Gasteiger partial charge on any atom is 0.226 e. The largest absolute Gasteiger partial charge is 0.352 e. The molecule has 1 fully saturated rings. The molecule has 7 heteroatoms. The van der Waals surface area contributed by atoms with Gasteiger partial charge in [0.2, 0.25) is 5.91 Å². The Bertz CT molecular complexity index is 1200. The van der Waals surface area contributed by atoms with Gasteiger partial charge in [-0.25, -0.2) is 0 Å². The summed E-state index contributed by atoms with van der Waals surface area (Å²) in [4.78, 5) is 19.0. The van der Waals surface area contributed by atoms with Crippen LogP contribution in [-0.2, 0) is 11.8 Å². The van der Waals surface area contributed by atoms with Crippen LogP contribution in [0.3, 0.4) is 0 Å². The van der Waals surface area contributed by atoms with Gasteiger partial charge < -0.3 is 20.1 Å². The van der Waals surface area contributed by atoms with Crippen molar-refractivity contribution in [3.63, 3.8) is 0 Å². The molecule has 33 heavy (non-hydrogen) atoms. The first-order valence-electron chi connectivity index (χ1n) is 11.2. The van der Waals surface area contributed by atoms with Gasteiger partial charge in [-0.3, -0.25) is 9.78 Å². The van der Waals surface area contributed by atoms with Crippen molar-refractivity contribution in [2.45, 2.75) is 46.7 Å². The van der Waals surface area contributed by atoms with E-state index in [-0.39, 0.29) is 23.9 Å². The van der Waals surface area contributed by atoms with E-state index in [1.165, 1.54) is 17.0 Å². The highest BCUT2D eigenvalue weighted by atomic mass is 32.1. The van der Waals surface area contributed by atoms with Gasteiger partial charge in [0, 0.05) is 41.9 Å². The van der Waals surface area contributed by atoms with Gasteiger partial charge in [-0.1, -0.05) is 19.9 Å². The lowest BCUT2D eigenvalue weighted by molar-refractivity contribution is -0.118. The van der Waals surface area contributed by atoms with Crippen LogP contribution in [0.1, 0.15) is 54.1 Å². The van der Waals surface area contributed by atoms with Gasteiger partial charge in [-0.15, -0.1) is 0 Å². The van der Waals surface area contributed by atoms with Crippen molar-refractivity contribution in [3.05, 3.63) is 76.9 Å². The third kappa shape index (κ3) is 4.25. The molecule has 0 bridgehead atoms. The molecule has 2 aromatic heterocycles. The minimum Gasteiger partial charge on any atom is -0.352 e. The van der Waals surface area contributed by atoms with E-state index in [0.717, 1.165) is 22.6 Å². The van der Waals surface area contributed by atoms with Gasteiger partial charge in [0.05, 0.1) is 17.8 Å². The van der Waals surface area contributed by atoms with Crippen LogP contribution in [-0.4, -0.2) is 20.6 Å². The van der Waals surface area contributed by atoms with E-state index in [1.807, 2.05) is 57.3 Å². The molecule has 4 rings (SSSR count). The van der Waals surface area contributed by atoms with E-state index in [2.05, 4.69) is 58.1 Å². The predicted molar refractivity (Wildman–Crippen MR) is 137 cm³/mol. The highest BCUT2D eigenvalue weighted by Crippen LogP contribution is 2.43. The molecule has 6 nitrogen and oxygen atoms in total. The number of anilines is 2. The molecule has 0 spiro atoms. The Morgan fingerprint density at radius 3 is 2.48 bits per heavy atom. The van der Waals surface area contributed by atoms with Crippen LogP contribution in [0.4, 0.5) is 11.4 Å². The molecule has 0 radical (unpaired) electrons. The Morgan fingerprint density at radius 1 is 1.15 bits per heavy atom. The lowest BCUT2D eigenvalue weighted by Crippen LogP contribution is -2.29. The Hall–Kier alpha value is -3.19. The number of carbonyl (C=O) groups is 1. The van der Waals surface area contributed by atoms with Gasteiger partial charge in [0.15, 0.2) is 5.11 Å². The summed E-state index contributed by atoms with van der Waals surface area (Å²) >= 11 is 5.85. The molecule has 0 aliphatic carbocycles. The van der Waals surface area contributed by atoms with Crippen LogP contribution < -0.4 is 15.5 Å². The van der Waals surface area contributed by atoms with Gasteiger partial charge >= 0.3 is 0 Å². The molecule has 0 saturated carbocycles. The summed E-state index contributed by atoms with van der Waals surface area (Å²) in [5.41, 5.74) is 7.36. The summed E-state index contributed by atoms with van der Waals surface area (Å²) in [6.45, 7) is 10.1. The first kappa shape index (κ1) is 23.0. The van der Waals surface area contributed by atoms with Crippen molar-refractivity contribution >= 4 is 34.6 Å². The number of hydrogen-bond donors (Lipinski definition) is 2. The molecule has 1 aromatic carbocycles. The minimum atomic E-state index is -0.0835. The van der Waals surface area contributed by atoms with Gasteiger partial charge in [-0.05, 0) is 80.5 Å². The van der Waals surface area contributed by atoms with Crippen LogP contribution in [0.25, 0.3) is 0 Å². The molecule has 2 N–H and O–H groups in total. The second-order valence-corrected chi connectivity index (χ2v) is 9.41. The molecular weight excluding hydrogens is 430 g/mol. The Labute approximate surface area is 201 Å². The SMILES string of the molecule is Cc1cc(N2C(=S)N[C@@H](c3ccccn3)[C@H]2c2cc(C)n(C)c2C)ccc1NC(=O)C(C)C. The highest BCUT2D eigenvalue weighted by Gasteiger charge is 2.42. The van der Waals surface area contributed by atoms with E-state index >= 15 is 0 Å². The number of thiocarbonyl (C=S) groups is 1. The molecular formula is C26H31N5OS. The van der Waals surface area contributed by atoms with Crippen molar-refractivity contribution in [1.29, 1.82) is 0 Å². The number of hydrogen-bond acceptors (Lipinski definition) is 3. The average Bonchev–Trinajstić information content (AvgIpc) is 3.26. The van der Waals surface area contributed by atoms with Crippen LogP contribution in [0, 0.1) is 26.7 Å². The second-order valence-electron chi connectivity index (χ2n) is 9.03. The number of rotatable bonds is 5. The molecule has 0 unspecified atom stereocenters. The molecule has 3 heterocycles. The molecule has 1 saturated heterocycles. The maximum absolute atomic E-state index is 12.2. The zero-order valence-electron chi connectivity index (χ0n) is 20.0. The van der Waals surface area contributed by atoms with Crippen LogP contribution in [0.15, 0.2) is 48.7 Å². The number of amides is 1. The monoisotopic (exact) mass is 461 g/mol. The van der Waals surface area contributed by atoms with Crippen molar-refractivity contribution in [1.82, 2.24) is 14.9 Å². The third-order valence-electron chi connectivity index (χ3n) is 6.50. The second kappa shape index (κ2) is 8.98. The zero-order valence-corrected chi connectivity index (χ0v) is 20.8. The Morgan fingerprint density at radius 2 is 1.91 bits per heavy atom. The van der Waals surface area contributed by atoms with Crippen LogP contribution in [0.5, 0.6) is 0 Å². The first-order valence-corrected chi connectivity index (χ1v) is 11.6. The number of nitrogens with zero attached hydrogens (tertiary/aromatic N) is 3. The smallest absolute Gasteiger partial charge is 0.226 e. The zero-order chi connectivity index (χ0) is 23.9. The summed E-state index contributed by atoms with van der Waals surface area (Å²) in [7, 11) is 2.09. The van der Waals surface area contributed by atoms with Gasteiger partial charge in [0.1, 0.15) is 0 Å². The van der Waals surface area contributed by atoms with Gasteiger partial charge in [0.25, 0.3) is 0 Å². The number of aryl methyl sites for hydroxylation is 2. The van der Waals surface area contributed by atoms with E-state index in [1.54, 1.807) is 0 Å². The van der Waals surface area contributed by atoms with Crippen molar-refractivity contribution < 1.29 is 4.79 Å². The number of pyridine rings is 1. The Kier molecular flexibility index (Phi) is 6.26. The first-order chi connectivity index (χ1) is 15.7. The van der Waals surface area contributed by atoms with Gasteiger partial charge in [-0.2, -0.15) is 0 Å². The molecule has 2 atom stereocenters. The van der Waals surface area contributed by atoms with Crippen LogP contribution >= 0.6 is 12.2 Å². The molecule has 1 aliphatic rings. The van der Waals surface area contributed by atoms with E-state index < -0.39 is 0 Å². The summed E-state index contributed by atoms with van der Waals surface area (Å²) in [5.74, 6) is -0.0695. The molecule has 3 aromatic rings.